The van der Waals surface area contributed by atoms with Crippen LogP contribution in [0.3, 0.4) is 0 Å². The van der Waals surface area contributed by atoms with E-state index in [9.17, 15) is 8.42 Å². The molecule has 1 aliphatic heterocycles. The number of hydrogen-bond acceptors (Lipinski definition) is 6. The molecule has 0 bridgehead atoms. The average molecular weight is 469 g/mol. The Bertz CT molecular complexity index is 1370. The van der Waals surface area contributed by atoms with Crippen molar-refractivity contribution < 1.29 is 8.42 Å². The molecule has 8 nitrogen and oxygen atoms in total. The van der Waals surface area contributed by atoms with Crippen molar-refractivity contribution >= 4 is 31.8 Å². The summed E-state index contributed by atoms with van der Waals surface area (Å²) in [5.74, 6) is 0. The Labute approximate surface area is 191 Å². The van der Waals surface area contributed by atoms with Crippen LogP contribution in [-0.4, -0.2) is 52.6 Å². The summed E-state index contributed by atoms with van der Waals surface area (Å²) in [6.45, 7) is 2.91. The number of nitrogens with zero attached hydrogens (tertiary/aromatic N) is 5. The number of pyridine rings is 1. The fourth-order valence-electron chi connectivity index (χ4n) is 4.15. The van der Waals surface area contributed by atoms with Crippen LogP contribution in [0, 0.1) is 6.92 Å². The fraction of sp³-hybridized carbons (Fsp3) is 0.318. The second-order valence-electron chi connectivity index (χ2n) is 7.91. The van der Waals surface area contributed by atoms with Gasteiger partial charge in [-0.15, -0.1) is 11.3 Å². The van der Waals surface area contributed by atoms with Gasteiger partial charge in [0.05, 0.1) is 27.5 Å². The molecule has 1 aromatic carbocycles. The van der Waals surface area contributed by atoms with E-state index in [4.69, 9.17) is 10.1 Å². The van der Waals surface area contributed by atoms with Gasteiger partial charge in [-0.1, -0.05) is 12.1 Å². The van der Waals surface area contributed by atoms with Crippen LogP contribution in [0.2, 0.25) is 0 Å². The molecule has 10 heteroatoms. The van der Waals surface area contributed by atoms with E-state index in [0.717, 1.165) is 38.4 Å². The monoisotopic (exact) mass is 468 g/mol. The van der Waals surface area contributed by atoms with E-state index < -0.39 is 10.2 Å². The van der Waals surface area contributed by atoms with Gasteiger partial charge >= 0.3 is 0 Å². The molecule has 32 heavy (non-hydrogen) atoms. The highest BCUT2D eigenvalue weighted by atomic mass is 32.2. The van der Waals surface area contributed by atoms with E-state index in [2.05, 4.69) is 28.0 Å². The molecule has 0 unspecified atom stereocenters. The maximum atomic E-state index is 12.1. The zero-order valence-corrected chi connectivity index (χ0v) is 19.5. The van der Waals surface area contributed by atoms with Gasteiger partial charge < -0.3 is 0 Å². The molecule has 4 aromatic rings. The van der Waals surface area contributed by atoms with E-state index in [1.807, 2.05) is 41.4 Å². The quantitative estimate of drug-likeness (QED) is 0.483. The predicted molar refractivity (Wildman–Crippen MR) is 127 cm³/mol. The molecule has 1 aliphatic rings. The molecule has 4 heterocycles. The Morgan fingerprint density at radius 2 is 1.97 bits per heavy atom. The summed E-state index contributed by atoms with van der Waals surface area (Å²) in [5.41, 5.74) is 7.53. The van der Waals surface area contributed by atoms with E-state index in [-0.39, 0.29) is 6.04 Å². The highest BCUT2D eigenvalue weighted by molar-refractivity contribution is 7.87. The maximum absolute atomic E-state index is 12.1. The largest absolute Gasteiger partial charge is 0.279 e. The van der Waals surface area contributed by atoms with Crippen LogP contribution in [0.5, 0.6) is 0 Å². The number of aryl methyl sites for hydroxylation is 1. The first-order valence-corrected chi connectivity index (χ1v) is 12.8. The van der Waals surface area contributed by atoms with Crippen molar-refractivity contribution in [2.24, 2.45) is 0 Å². The molecule has 0 atom stereocenters. The molecule has 0 aliphatic carbocycles. The summed E-state index contributed by atoms with van der Waals surface area (Å²) in [7, 11) is -1.95. The van der Waals surface area contributed by atoms with Crippen LogP contribution in [0.1, 0.15) is 24.6 Å². The van der Waals surface area contributed by atoms with Crippen molar-refractivity contribution in [1.29, 1.82) is 0 Å². The lowest BCUT2D eigenvalue weighted by molar-refractivity contribution is 0.260. The molecule has 5 rings (SSSR count). The summed E-state index contributed by atoms with van der Waals surface area (Å²) in [6.07, 6.45) is 3.49. The number of rotatable bonds is 5. The summed E-state index contributed by atoms with van der Waals surface area (Å²) in [4.78, 5) is 9.10. The highest BCUT2D eigenvalue weighted by Gasteiger charge is 2.29. The Hall–Kier alpha value is -2.66. The zero-order valence-electron chi connectivity index (χ0n) is 17.9. The molecule has 0 radical (unpaired) electrons. The molecule has 1 saturated heterocycles. The van der Waals surface area contributed by atoms with E-state index in [1.54, 1.807) is 11.3 Å². The van der Waals surface area contributed by atoms with E-state index in [0.29, 0.717) is 25.9 Å². The van der Waals surface area contributed by atoms with Crippen molar-refractivity contribution in [1.82, 2.24) is 28.8 Å². The Morgan fingerprint density at radius 1 is 1.16 bits per heavy atom. The minimum Gasteiger partial charge on any atom is -0.268 e. The third kappa shape index (κ3) is 3.95. The lowest BCUT2D eigenvalue weighted by Gasteiger charge is -2.30. The topological polar surface area (TPSA) is 93.0 Å². The van der Waals surface area contributed by atoms with Gasteiger partial charge in [-0.25, -0.2) is 9.71 Å². The standard InChI is InChI=1S/C22H24N6O2S2/c1-15-4-3-5-20(25-15)22-18(16-6-7-19-21(12-16)31-14-24-19)13-28(26-22)17-8-10-27(11-9-17)32(29,30)23-2/h3-7,12-14,17,23H,8-11H2,1-2H3. The summed E-state index contributed by atoms with van der Waals surface area (Å²) in [5, 5.41) is 4.96. The smallest absolute Gasteiger partial charge is 0.268 e. The van der Waals surface area contributed by atoms with Gasteiger partial charge in [0.2, 0.25) is 0 Å². The molecular formula is C22H24N6O2S2. The lowest BCUT2D eigenvalue weighted by Crippen LogP contribution is -2.44. The number of aromatic nitrogens is 4. The van der Waals surface area contributed by atoms with Crippen molar-refractivity contribution in [3.63, 3.8) is 0 Å². The highest BCUT2D eigenvalue weighted by Crippen LogP contribution is 2.35. The molecule has 166 valence electrons. The number of fused-ring (bicyclic) bond motifs is 1. The van der Waals surface area contributed by atoms with E-state index in [1.165, 1.54) is 11.4 Å². The maximum Gasteiger partial charge on any atom is 0.279 e. The second-order valence-corrected chi connectivity index (χ2v) is 10.7. The molecule has 0 saturated carbocycles. The van der Waals surface area contributed by atoms with Crippen LogP contribution < -0.4 is 4.72 Å². The van der Waals surface area contributed by atoms with Crippen LogP contribution in [0.15, 0.2) is 48.1 Å². The summed E-state index contributed by atoms with van der Waals surface area (Å²) in [6, 6.07) is 12.3. The minimum absolute atomic E-state index is 0.128. The van der Waals surface area contributed by atoms with Crippen molar-refractivity contribution in [3.05, 3.63) is 53.8 Å². The predicted octanol–water partition coefficient (Wildman–Crippen LogP) is 3.63. The van der Waals surface area contributed by atoms with Crippen molar-refractivity contribution in [3.8, 4) is 22.5 Å². The van der Waals surface area contributed by atoms with Crippen LogP contribution in [0.25, 0.3) is 32.7 Å². The second kappa shape index (κ2) is 8.36. The number of thiazole rings is 1. The molecule has 3 aromatic heterocycles. The SMILES string of the molecule is CNS(=O)(=O)N1CCC(n2cc(-c3ccc4ncsc4c3)c(-c3cccc(C)n3)n2)CC1. The lowest BCUT2D eigenvalue weighted by atomic mass is 10.0. The van der Waals surface area contributed by atoms with Gasteiger partial charge in [-0.3, -0.25) is 9.67 Å². The third-order valence-corrected chi connectivity index (χ3v) is 8.25. The Morgan fingerprint density at radius 3 is 2.72 bits per heavy atom. The van der Waals surface area contributed by atoms with Gasteiger partial charge in [-0.2, -0.15) is 17.8 Å². The van der Waals surface area contributed by atoms with E-state index >= 15 is 0 Å². The van der Waals surface area contributed by atoms with Crippen molar-refractivity contribution in [2.45, 2.75) is 25.8 Å². The molecule has 1 N–H and O–H groups in total. The van der Waals surface area contributed by atoms with Gasteiger partial charge in [0.15, 0.2) is 0 Å². The molecule has 0 amide bonds. The van der Waals surface area contributed by atoms with Gasteiger partial charge in [0.1, 0.15) is 5.69 Å². The number of benzene rings is 1. The zero-order chi connectivity index (χ0) is 22.3. The number of hydrogen-bond donors (Lipinski definition) is 1. The fourth-order valence-corrected chi connectivity index (χ4v) is 5.82. The number of nitrogens with one attached hydrogen (secondary N) is 1. The van der Waals surface area contributed by atoms with Crippen LogP contribution >= 0.6 is 11.3 Å². The normalized spacial score (nSPS) is 16.1. The minimum atomic E-state index is -3.40. The van der Waals surface area contributed by atoms with Crippen LogP contribution in [-0.2, 0) is 10.2 Å². The Balaban J connectivity index is 1.53. The van der Waals surface area contributed by atoms with Gasteiger partial charge in [0.25, 0.3) is 10.2 Å². The molecular weight excluding hydrogens is 444 g/mol. The first-order chi connectivity index (χ1) is 15.4. The van der Waals surface area contributed by atoms with Gasteiger partial charge in [0, 0.05) is 37.6 Å². The Kier molecular flexibility index (Phi) is 5.54. The average Bonchev–Trinajstić information content (AvgIpc) is 3.46. The number of piperidine rings is 1. The summed E-state index contributed by atoms with van der Waals surface area (Å²) >= 11 is 1.62. The van der Waals surface area contributed by atoms with Crippen molar-refractivity contribution in [2.75, 3.05) is 20.1 Å². The summed E-state index contributed by atoms with van der Waals surface area (Å²) < 4.78 is 31.3. The first-order valence-electron chi connectivity index (χ1n) is 10.5. The molecule has 0 spiro atoms. The van der Waals surface area contributed by atoms with Gasteiger partial charge in [-0.05, 0) is 49.6 Å². The third-order valence-electron chi connectivity index (χ3n) is 5.90. The first kappa shape index (κ1) is 21.2. The molecule has 1 fully saturated rings. The van der Waals surface area contributed by atoms with Crippen LogP contribution in [0.4, 0.5) is 0 Å².